The number of benzene rings is 2. The maximum Gasteiger partial charge on any atom is 0.243 e. The van der Waals surface area contributed by atoms with Crippen LogP contribution < -0.4 is 10.1 Å². The maximum atomic E-state index is 13.3. The lowest BCUT2D eigenvalue weighted by Gasteiger charge is -2.31. The summed E-state index contributed by atoms with van der Waals surface area (Å²) >= 11 is 0. The van der Waals surface area contributed by atoms with Crippen LogP contribution in [0.4, 0.5) is 0 Å². The van der Waals surface area contributed by atoms with E-state index in [0.717, 1.165) is 37.0 Å². The Morgan fingerprint density at radius 1 is 1.06 bits per heavy atom. The molecule has 0 radical (unpaired) electrons. The molecular weight excluding hydrogens is 400 g/mol. The van der Waals surface area contributed by atoms with E-state index in [4.69, 9.17) is 4.74 Å². The van der Waals surface area contributed by atoms with E-state index in [1.807, 2.05) is 68.4 Å². The Morgan fingerprint density at radius 3 is 2.41 bits per heavy atom. The second-order valence-electron chi connectivity index (χ2n) is 8.69. The largest absolute Gasteiger partial charge is 0.494 e. The number of hydrogen-bond acceptors (Lipinski definition) is 3. The van der Waals surface area contributed by atoms with Crippen molar-refractivity contribution in [2.45, 2.75) is 77.4 Å². The SMILES string of the molecule is CCC(C(=O)NC1CCCC1)N(Cc1ccc(C)cc1)C(=O)CCCOc1ccccc1. The molecule has 0 aliphatic heterocycles. The Hall–Kier alpha value is -2.82. The molecule has 1 N–H and O–H groups in total. The van der Waals surface area contributed by atoms with Gasteiger partial charge in [0.1, 0.15) is 11.8 Å². The summed E-state index contributed by atoms with van der Waals surface area (Å²) in [4.78, 5) is 28.1. The molecule has 1 saturated carbocycles. The molecule has 0 aromatic heterocycles. The highest BCUT2D eigenvalue weighted by molar-refractivity contribution is 5.87. The summed E-state index contributed by atoms with van der Waals surface area (Å²) in [6.07, 6.45) is 5.95. The molecule has 0 spiro atoms. The van der Waals surface area contributed by atoms with Crippen molar-refractivity contribution in [1.29, 1.82) is 0 Å². The van der Waals surface area contributed by atoms with Gasteiger partial charge in [0.25, 0.3) is 0 Å². The number of rotatable bonds is 11. The first-order chi connectivity index (χ1) is 15.6. The van der Waals surface area contributed by atoms with E-state index >= 15 is 0 Å². The zero-order valence-corrected chi connectivity index (χ0v) is 19.4. The van der Waals surface area contributed by atoms with Crippen LogP contribution in [-0.2, 0) is 16.1 Å². The molecule has 1 atom stereocenters. The summed E-state index contributed by atoms with van der Waals surface area (Å²) in [5.74, 6) is 0.773. The third-order valence-electron chi connectivity index (χ3n) is 6.11. The smallest absolute Gasteiger partial charge is 0.243 e. The van der Waals surface area contributed by atoms with Crippen LogP contribution >= 0.6 is 0 Å². The van der Waals surface area contributed by atoms with Crippen LogP contribution in [0.15, 0.2) is 54.6 Å². The van der Waals surface area contributed by atoms with Gasteiger partial charge in [-0.2, -0.15) is 0 Å². The summed E-state index contributed by atoms with van der Waals surface area (Å²) in [7, 11) is 0. The molecule has 172 valence electrons. The number of nitrogens with zero attached hydrogens (tertiary/aromatic N) is 1. The monoisotopic (exact) mass is 436 g/mol. The van der Waals surface area contributed by atoms with Crippen molar-refractivity contribution in [1.82, 2.24) is 10.2 Å². The fourth-order valence-corrected chi connectivity index (χ4v) is 4.25. The van der Waals surface area contributed by atoms with Crippen molar-refractivity contribution < 1.29 is 14.3 Å². The van der Waals surface area contributed by atoms with E-state index in [9.17, 15) is 9.59 Å². The molecule has 0 bridgehead atoms. The van der Waals surface area contributed by atoms with Gasteiger partial charge in [0.15, 0.2) is 0 Å². The molecule has 1 unspecified atom stereocenters. The molecule has 32 heavy (non-hydrogen) atoms. The van der Waals surface area contributed by atoms with E-state index in [-0.39, 0.29) is 17.9 Å². The van der Waals surface area contributed by atoms with Gasteiger partial charge < -0.3 is 15.0 Å². The average Bonchev–Trinajstić information content (AvgIpc) is 3.31. The fourth-order valence-electron chi connectivity index (χ4n) is 4.25. The number of para-hydroxylation sites is 1. The number of aryl methyl sites for hydroxylation is 1. The Labute approximate surface area is 192 Å². The maximum absolute atomic E-state index is 13.3. The third kappa shape index (κ3) is 7.11. The summed E-state index contributed by atoms with van der Waals surface area (Å²) in [5, 5.41) is 3.19. The molecule has 1 fully saturated rings. The number of nitrogens with one attached hydrogen (secondary N) is 1. The standard InChI is InChI=1S/C27H36N2O3/c1-3-25(27(31)28-23-10-7-8-11-23)29(20-22-17-15-21(2)16-18-22)26(30)14-9-19-32-24-12-5-4-6-13-24/h4-6,12-13,15-18,23,25H,3,7-11,14,19-20H2,1-2H3,(H,28,31). The van der Waals surface area contributed by atoms with Crippen molar-refractivity contribution in [3.8, 4) is 5.75 Å². The number of hydrogen-bond donors (Lipinski definition) is 1. The van der Waals surface area contributed by atoms with E-state index in [2.05, 4.69) is 5.32 Å². The van der Waals surface area contributed by atoms with Gasteiger partial charge in [0.2, 0.25) is 11.8 Å². The molecule has 1 aliphatic carbocycles. The van der Waals surface area contributed by atoms with Crippen molar-refractivity contribution in [2.24, 2.45) is 0 Å². The molecule has 3 rings (SSSR count). The van der Waals surface area contributed by atoms with Crippen molar-refractivity contribution >= 4 is 11.8 Å². The predicted molar refractivity (Wildman–Crippen MR) is 127 cm³/mol. The lowest BCUT2D eigenvalue weighted by atomic mass is 10.1. The minimum atomic E-state index is -0.459. The lowest BCUT2D eigenvalue weighted by Crippen LogP contribution is -2.50. The van der Waals surface area contributed by atoms with Crippen molar-refractivity contribution in [3.63, 3.8) is 0 Å². The highest BCUT2D eigenvalue weighted by atomic mass is 16.5. The summed E-state index contributed by atoms with van der Waals surface area (Å²) in [6.45, 7) is 4.94. The summed E-state index contributed by atoms with van der Waals surface area (Å²) in [6, 6.07) is 17.6. The highest BCUT2D eigenvalue weighted by Gasteiger charge is 2.30. The zero-order valence-electron chi connectivity index (χ0n) is 19.4. The van der Waals surface area contributed by atoms with Gasteiger partial charge >= 0.3 is 0 Å². The molecule has 2 aromatic rings. The van der Waals surface area contributed by atoms with Crippen LogP contribution in [-0.4, -0.2) is 35.4 Å². The first-order valence-corrected chi connectivity index (χ1v) is 11.9. The van der Waals surface area contributed by atoms with Crippen LogP contribution in [0.5, 0.6) is 5.75 Å². The van der Waals surface area contributed by atoms with Crippen molar-refractivity contribution in [3.05, 3.63) is 65.7 Å². The Balaban J connectivity index is 1.64. The van der Waals surface area contributed by atoms with Gasteiger partial charge in [0.05, 0.1) is 6.61 Å². The number of carbonyl (C=O) groups is 2. The number of ether oxygens (including phenoxy) is 1. The zero-order chi connectivity index (χ0) is 22.8. The first kappa shape index (κ1) is 23.8. The molecular formula is C27H36N2O3. The normalized spacial score (nSPS) is 14.7. The quantitative estimate of drug-likeness (QED) is 0.503. The van der Waals surface area contributed by atoms with E-state index in [1.165, 1.54) is 5.56 Å². The van der Waals surface area contributed by atoms with Crippen LogP contribution in [0.25, 0.3) is 0 Å². The van der Waals surface area contributed by atoms with E-state index in [0.29, 0.717) is 32.4 Å². The van der Waals surface area contributed by atoms with Gasteiger partial charge in [-0.05, 0) is 50.3 Å². The topological polar surface area (TPSA) is 58.6 Å². The van der Waals surface area contributed by atoms with Crippen LogP contribution in [0.2, 0.25) is 0 Å². The highest BCUT2D eigenvalue weighted by Crippen LogP contribution is 2.20. The second-order valence-corrected chi connectivity index (χ2v) is 8.69. The number of carbonyl (C=O) groups excluding carboxylic acids is 2. The molecule has 5 heteroatoms. The first-order valence-electron chi connectivity index (χ1n) is 11.9. The Kier molecular flexibility index (Phi) is 9.14. The third-order valence-corrected chi connectivity index (χ3v) is 6.11. The molecule has 1 aliphatic rings. The van der Waals surface area contributed by atoms with Gasteiger partial charge in [0, 0.05) is 19.0 Å². The summed E-state index contributed by atoms with van der Waals surface area (Å²) in [5.41, 5.74) is 2.22. The van der Waals surface area contributed by atoms with Crippen LogP contribution in [0.1, 0.15) is 63.0 Å². The minimum absolute atomic E-state index is 0.00402. The minimum Gasteiger partial charge on any atom is -0.494 e. The second kappa shape index (κ2) is 12.3. The number of amides is 2. The lowest BCUT2D eigenvalue weighted by molar-refractivity contribution is -0.141. The molecule has 2 amide bonds. The van der Waals surface area contributed by atoms with Gasteiger partial charge in [-0.25, -0.2) is 0 Å². The van der Waals surface area contributed by atoms with Crippen LogP contribution in [0.3, 0.4) is 0 Å². The van der Waals surface area contributed by atoms with Gasteiger partial charge in [-0.3, -0.25) is 9.59 Å². The predicted octanol–water partition coefficient (Wildman–Crippen LogP) is 5.02. The molecule has 5 nitrogen and oxygen atoms in total. The van der Waals surface area contributed by atoms with E-state index in [1.54, 1.807) is 4.90 Å². The molecule has 0 saturated heterocycles. The average molecular weight is 437 g/mol. The van der Waals surface area contributed by atoms with Crippen molar-refractivity contribution in [2.75, 3.05) is 6.61 Å². The molecule has 2 aromatic carbocycles. The summed E-state index contributed by atoms with van der Waals surface area (Å²) < 4.78 is 5.74. The van der Waals surface area contributed by atoms with Gasteiger partial charge in [-0.15, -0.1) is 0 Å². The Bertz CT molecular complexity index is 845. The van der Waals surface area contributed by atoms with E-state index < -0.39 is 6.04 Å². The van der Waals surface area contributed by atoms with Crippen LogP contribution in [0, 0.1) is 6.92 Å². The Morgan fingerprint density at radius 2 is 1.75 bits per heavy atom. The van der Waals surface area contributed by atoms with Gasteiger partial charge in [-0.1, -0.05) is 67.8 Å². The molecule has 0 heterocycles. The fraction of sp³-hybridized carbons (Fsp3) is 0.481.